The van der Waals surface area contributed by atoms with Crippen molar-refractivity contribution in [2.75, 3.05) is 11.9 Å². The third kappa shape index (κ3) is 7.18. The number of aromatic nitrogens is 3. The van der Waals surface area contributed by atoms with Gasteiger partial charge in [-0.2, -0.15) is 18.3 Å². The van der Waals surface area contributed by atoms with Crippen LogP contribution in [0.4, 0.5) is 18.9 Å². The molecule has 14 heteroatoms. The van der Waals surface area contributed by atoms with E-state index in [-0.39, 0.29) is 11.7 Å². The van der Waals surface area contributed by atoms with Crippen LogP contribution in [0, 0.1) is 0 Å². The average molecular weight is 523 g/mol. The number of anilines is 1. The van der Waals surface area contributed by atoms with E-state index < -0.39 is 60.9 Å². The Morgan fingerprint density at radius 3 is 2.47 bits per heavy atom. The van der Waals surface area contributed by atoms with Crippen molar-refractivity contribution in [2.45, 2.75) is 58.1 Å². The molecule has 1 atom stereocenters. The number of carboxylic acids is 1. The molecule has 188 valence electrons. The number of hydrogen-bond acceptors (Lipinski definition) is 6. The highest BCUT2D eigenvalue weighted by atomic mass is 35.5. The maximum atomic E-state index is 13.7. The first-order valence-electron chi connectivity index (χ1n) is 10.3. The predicted octanol–water partition coefficient (Wildman–Crippen LogP) is 3.59. The highest BCUT2D eigenvalue weighted by Gasteiger charge is 2.38. The molecule has 0 fully saturated rings. The second-order valence-corrected chi connectivity index (χ2v) is 14.9. The van der Waals surface area contributed by atoms with Crippen LogP contribution in [-0.4, -0.2) is 46.1 Å². The molecule has 0 aliphatic rings. The van der Waals surface area contributed by atoms with Crippen LogP contribution in [0.2, 0.25) is 30.8 Å². The Labute approximate surface area is 199 Å². The summed E-state index contributed by atoms with van der Waals surface area (Å²) in [6.07, 6.45) is -4.12. The lowest BCUT2D eigenvalue weighted by molar-refractivity contribution is -0.138. The number of carboxylic acid groups (broad SMARTS) is 1. The predicted molar refractivity (Wildman–Crippen MR) is 123 cm³/mol. The number of pyridine rings is 1. The molecule has 2 rings (SSSR count). The van der Waals surface area contributed by atoms with E-state index in [1.165, 1.54) is 13.0 Å². The summed E-state index contributed by atoms with van der Waals surface area (Å²) in [7, 11) is -1.42. The smallest absolute Gasteiger partial charge is 0.423 e. The minimum Gasteiger partial charge on any atom is -0.477 e. The molecule has 0 spiro atoms. The van der Waals surface area contributed by atoms with E-state index in [0.29, 0.717) is 11.3 Å². The number of ether oxygens (including phenoxy) is 1. The second-order valence-electron chi connectivity index (χ2n) is 8.92. The van der Waals surface area contributed by atoms with Gasteiger partial charge in [-0.3, -0.25) is 14.2 Å². The highest BCUT2D eigenvalue weighted by molar-refractivity contribution is 6.76. The second kappa shape index (κ2) is 10.7. The molecule has 2 heterocycles. The number of rotatable bonds is 10. The van der Waals surface area contributed by atoms with E-state index in [0.717, 1.165) is 22.9 Å². The maximum absolute atomic E-state index is 13.7. The Hall–Kier alpha value is -2.64. The van der Waals surface area contributed by atoms with Crippen molar-refractivity contribution < 1.29 is 27.8 Å². The topological polar surface area (TPSA) is 115 Å². The Balaban J connectivity index is 2.28. The van der Waals surface area contributed by atoms with Crippen LogP contribution < -0.4 is 16.4 Å². The van der Waals surface area contributed by atoms with Gasteiger partial charge in [-0.1, -0.05) is 31.2 Å². The average Bonchev–Trinajstić information content (AvgIpc) is 2.67. The number of aromatic carboxylic acids is 1. The summed E-state index contributed by atoms with van der Waals surface area (Å²) < 4.78 is 48.0. The molecule has 9 nitrogen and oxygen atoms in total. The summed E-state index contributed by atoms with van der Waals surface area (Å²) in [6.45, 7) is 7.40. The van der Waals surface area contributed by atoms with Gasteiger partial charge in [0.15, 0.2) is 0 Å². The van der Waals surface area contributed by atoms with Crippen molar-refractivity contribution in [2.24, 2.45) is 0 Å². The Bertz CT molecular complexity index is 1160. The van der Waals surface area contributed by atoms with Crippen molar-refractivity contribution in [1.82, 2.24) is 14.3 Å². The first-order chi connectivity index (χ1) is 15.6. The molecule has 1 unspecified atom stereocenters. The van der Waals surface area contributed by atoms with Crippen LogP contribution >= 0.6 is 11.6 Å². The Morgan fingerprint density at radius 1 is 1.26 bits per heavy atom. The fourth-order valence-electron chi connectivity index (χ4n) is 2.97. The zero-order valence-corrected chi connectivity index (χ0v) is 20.8. The number of nitrogens with zero attached hydrogens (tertiary/aromatic N) is 3. The zero-order chi connectivity index (χ0) is 25.8. The van der Waals surface area contributed by atoms with Gasteiger partial charge in [-0.05, 0) is 25.1 Å². The van der Waals surface area contributed by atoms with E-state index >= 15 is 0 Å². The number of hydrogen-bond donors (Lipinski definition) is 2. The lowest BCUT2D eigenvalue weighted by Crippen LogP contribution is -2.36. The van der Waals surface area contributed by atoms with Gasteiger partial charge in [0, 0.05) is 27.3 Å². The molecular weight excluding hydrogens is 497 g/mol. The SMILES string of the molecule is CC(Cn1c(Cl)ccc(C(=O)O)c1=O)Nc1cnn(COCC[Si](C)(C)C)c(=O)c1C(F)(F)F. The normalized spacial score (nSPS) is 13.1. The van der Waals surface area contributed by atoms with E-state index in [2.05, 4.69) is 30.1 Å². The molecule has 0 saturated heterocycles. The lowest BCUT2D eigenvalue weighted by atomic mass is 10.2. The number of carbonyl (C=O) groups is 1. The molecule has 0 saturated carbocycles. The minimum atomic E-state index is -4.99. The van der Waals surface area contributed by atoms with Crippen LogP contribution in [0.3, 0.4) is 0 Å². The standard InChI is InChI=1S/C20H26ClF3N4O5Si/c1-12(10-27-15(21)6-5-13(17(27)29)19(31)32)26-14-9-25-28(11-33-7-8-34(2,3)4)18(30)16(14)20(22,23)24/h5-6,9,12,26H,7-8,10-11H2,1-4H3,(H,31,32). The van der Waals surface area contributed by atoms with Gasteiger partial charge in [-0.25, -0.2) is 9.48 Å². The third-order valence-corrected chi connectivity index (χ3v) is 6.78. The van der Waals surface area contributed by atoms with Crippen LogP contribution in [0.15, 0.2) is 27.9 Å². The molecule has 0 aliphatic heterocycles. The molecule has 0 amide bonds. The van der Waals surface area contributed by atoms with E-state index in [4.69, 9.17) is 21.4 Å². The molecule has 2 N–H and O–H groups in total. The first-order valence-corrected chi connectivity index (χ1v) is 14.3. The number of nitrogens with one attached hydrogen (secondary N) is 1. The Morgan fingerprint density at radius 2 is 1.91 bits per heavy atom. The number of halogens is 4. The van der Waals surface area contributed by atoms with Gasteiger partial charge >= 0.3 is 12.1 Å². The minimum absolute atomic E-state index is 0.0938. The maximum Gasteiger partial charge on any atom is 0.423 e. The summed E-state index contributed by atoms with van der Waals surface area (Å²) in [4.78, 5) is 36.0. The van der Waals surface area contributed by atoms with Gasteiger partial charge in [0.05, 0.1) is 11.9 Å². The van der Waals surface area contributed by atoms with Crippen molar-refractivity contribution in [3.8, 4) is 0 Å². The zero-order valence-electron chi connectivity index (χ0n) is 19.1. The summed E-state index contributed by atoms with van der Waals surface area (Å²) in [5.41, 5.74) is -4.86. The summed E-state index contributed by atoms with van der Waals surface area (Å²) in [5, 5.41) is 15.3. The van der Waals surface area contributed by atoms with Crippen molar-refractivity contribution in [3.63, 3.8) is 0 Å². The van der Waals surface area contributed by atoms with Gasteiger partial charge in [0.2, 0.25) is 0 Å². The van der Waals surface area contributed by atoms with E-state index in [1.54, 1.807) is 0 Å². The van der Waals surface area contributed by atoms with Crippen LogP contribution in [0.1, 0.15) is 22.8 Å². The van der Waals surface area contributed by atoms with Gasteiger partial charge in [-0.15, -0.1) is 0 Å². The van der Waals surface area contributed by atoms with Crippen molar-refractivity contribution >= 4 is 31.3 Å². The molecular formula is C20H26ClF3N4O5Si. The van der Waals surface area contributed by atoms with Crippen LogP contribution in [-0.2, 0) is 24.2 Å². The fourth-order valence-corrected chi connectivity index (χ4v) is 3.93. The van der Waals surface area contributed by atoms with Crippen molar-refractivity contribution in [1.29, 1.82) is 0 Å². The molecule has 0 aliphatic carbocycles. The third-order valence-electron chi connectivity index (χ3n) is 4.75. The fraction of sp³-hybridized carbons (Fsp3) is 0.500. The van der Waals surface area contributed by atoms with Crippen LogP contribution in [0.5, 0.6) is 0 Å². The summed E-state index contributed by atoms with van der Waals surface area (Å²) in [5.74, 6) is -1.46. The monoisotopic (exact) mass is 522 g/mol. The Kier molecular flexibility index (Phi) is 8.72. The van der Waals surface area contributed by atoms with Crippen molar-refractivity contribution in [3.05, 3.63) is 55.3 Å². The number of alkyl halides is 3. The highest BCUT2D eigenvalue weighted by Crippen LogP contribution is 2.32. The van der Waals surface area contributed by atoms with Gasteiger partial charge in [0.25, 0.3) is 11.1 Å². The van der Waals surface area contributed by atoms with Gasteiger partial charge < -0.3 is 15.2 Å². The van der Waals surface area contributed by atoms with Crippen LogP contribution in [0.25, 0.3) is 0 Å². The van der Waals surface area contributed by atoms with E-state index in [9.17, 15) is 27.6 Å². The quantitative estimate of drug-likeness (QED) is 0.278. The molecule has 2 aromatic heterocycles. The van der Waals surface area contributed by atoms with Gasteiger partial charge in [0.1, 0.15) is 23.0 Å². The molecule has 0 bridgehead atoms. The largest absolute Gasteiger partial charge is 0.477 e. The molecule has 2 aromatic rings. The molecule has 0 aromatic carbocycles. The molecule has 34 heavy (non-hydrogen) atoms. The summed E-state index contributed by atoms with van der Waals surface area (Å²) in [6, 6.07) is 2.16. The first kappa shape index (κ1) is 27.6. The lowest BCUT2D eigenvalue weighted by Gasteiger charge is -2.21. The molecule has 0 radical (unpaired) electrons. The van der Waals surface area contributed by atoms with E-state index in [1.807, 2.05) is 0 Å². The summed E-state index contributed by atoms with van der Waals surface area (Å²) >= 11 is 5.98.